The molecule has 0 radical (unpaired) electrons. The van der Waals surface area contributed by atoms with Crippen LogP contribution in [0.3, 0.4) is 0 Å². The quantitative estimate of drug-likeness (QED) is 0.845. The number of alkyl halides is 3. The summed E-state index contributed by atoms with van der Waals surface area (Å²) in [5.41, 5.74) is 5.23. The molecule has 2 N–H and O–H groups in total. The van der Waals surface area contributed by atoms with Crippen molar-refractivity contribution >= 4 is 11.3 Å². The topological polar surface area (TPSA) is 29.3 Å². The maximum atomic E-state index is 12.1. The number of nitrogens with zero attached hydrogens (tertiary/aromatic N) is 1. The lowest BCUT2D eigenvalue weighted by Gasteiger charge is -2.17. The molecular formula is C11H13F3N2S. The molecule has 0 aliphatic rings. The number of hydrogen-bond acceptors (Lipinski definition) is 3. The molecule has 0 spiro atoms. The van der Waals surface area contributed by atoms with Crippen LogP contribution in [0.4, 0.5) is 13.2 Å². The first-order chi connectivity index (χ1) is 7.90. The third-order valence-electron chi connectivity index (χ3n) is 1.85. The maximum absolute atomic E-state index is 12.1. The van der Waals surface area contributed by atoms with Crippen molar-refractivity contribution < 1.29 is 13.2 Å². The van der Waals surface area contributed by atoms with E-state index in [1.54, 1.807) is 12.1 Å². The van der Waals surface area contributed by atoms with E-state index in [0.717, 1.165) is 9.75 Å². The van der Waals surface area contributed by atoms with Crippen LogP contribution in [0.25, 0.3) is 0 Å². The first-order valence-electron chi connectivity index (χ1n) is 4.93. The molecule has 2 nitrogen and oxygen atoms in total. The van der Waals surface area contributed by atoms with E-state index >= 15 is 0 Å². The lowest BCUT2D eigenvalue weighted by Crippen LogP contribution is -2.30. The summed E-state index contributed by atoms with van der Waals surface area (Å²) in [4.78, 5) is 2.91. The fourth-order valence-corrected chi connectivity index (χ4v) is 2.26. The Morgan fingerprint density at radius 3 is 2.71 bits per heavy atom. The monoisotopic (exact) mass is 262 g/mol. The first kappa shape index (κ1) is 14.0. The van der Waals surface area contributed by atoms with Crippen molar-refractivity contribution in [3.8, 4) is 11.8 Å². The average Bonchev–Trinajstić information content (AvgIpc) is 2.59. The van der Waals surface area contributed by atoms with E-state index in [4.69, 9.17) is 5.73 Å². The van der Waals surface area contributed by atoms with E-state index < -0.39 is 12.7 Å². The van der Waals surface area contributed by atoms with Crippen molar-refractivity contribution in [1.82, 2.24) is 4.90 Å². The first-order valence-corrected chi connectivity index (χ1v) is 5.75. The van der Waals surface area contributed by atoms with Crippen molar-refractivity contribution in [3.63, 3.8) is 0 Å². The van der Waals surface area contributed by atoms with Crippen LogP contribution in [0.15, 0.2) is 12.1 Å². The molecule has 0 unspecified atom stereocenters. The number of hydrogen-bond donors (Lipinski definition) is 1. The standard InChI is InChI=1S/C11H13F3N2S/c1-16(8-11(12,13)14)7-10-5-4-9(17-10)3-2-6-15/h4-5H,6-8,15H2,1H3. The summed E-state index contributed by atoms with van der Waals surface area (Å²) in [6, 6.07) is 3.59. The number of halogens is 3. The minimum absolute atomic E-state index is 0.272. The van der Waals surface area contributed by atoms with Crippen LogP contribution in [0.1, 0.15) is 9.75 Å². The predicted molar refractivity (Wildman–Crippen MR) is 62.6 cm³/mol. The van der Waals surface area contributed by atoms with Gasteiger partial charge in [0.2, 0.25) is 0 Å². The smallest absolute Gasteiger partial charge is 0.320 e. The maximum Gasteiger partial charge on any atom is 0.401 e. The molecule has 17 heavy (non-hydrogen) atoms. The zero-order valence-electron chi connectivity index (χ0n) is 9.34. The summed E-state index contributed by atoms with van der Waals surface area (Å²) in [6.07, 6.45) is -4.16. The summed E-state index contributed by atoms with van der Waals surface area (Å²) in [7, 11) is 1.44. The van der Waals surface area contributed by atoms with Gasteiger partial charge < -0.3 is 5.73 Å². The van der Waals surface area contributed by atoms with Crippen molar-refractivity contribution in [2.75, 3.05) is 20.1 Å². The van der Waals surface area contributed by atoms with Gasteiger partial charge in [-0.2, -0.15) is 13.2 Å². The van der Waals surface area contributed by atoms with Crippen molar-refractivity contribution in [2.45, 2.75) is 12.7 Å². The zero-order chi connectivity index (χ0) is 12.9. The van der Waals surface area contributed by atoms with Crippen LogP contribution in [-0.2, 0) is 6.54 Å². The Kier molecular flexibility index (Phi) is 5.00. The van der Waals surface area contributed by atoms with Crippen molar-refractivity contribution in [1.29, 1.82) is 0 Å². The van der Waals surface area contributed by atoms with Crippen molar-refractivity contribution in [3.05, 3.63) is 21.9 Å². The number of nitrogens with two attached hydrogens (primary N) is 1. The summed E-state index contributed by atoms with van der Waals surface area (Å²) < 4.78 is 36.3. The SMILES string of the molecule is CN(Cc1ccc(C#CCN)s1)CC(F)(F)F. The Bertz CT molecular complexity index is 414. The molecular weight excluding hydrogens is 249 g/mol. The van der Waals surface area contributed by atoms with Gasteiger partial charge in [0, 0.05) is 11.4 Å². The summed E-state index contributed by atoms with van der Waals surface area (Å²) in [5, 5.41) is 0. The Hall–Kier alpha value is -1.03. The lowest BCUT2D eigenvalue weighted by molar-refractivity contribution is -0.143. The van der Waals surface area contributed by atoms with Gasteiger partial charge in [-0.1, -0.05) is 11.8 Å². The van der Waals surface area contributed by atoms with E-state index in [1.165, 1.54) is 23.3 Å². The van der Waals surface area contributed by atoms with Gasteiger partial charge >= 0.3 is 6.18 Å². The lowest BCUT2D eigenvalue weighted by atomic mass is 10.4. The van der Waals surface area contributed by atoms with Crippen LogP contribution in [-0.4, -0.2) is 31.2 Å². The molecule has 0 amide bonds. The Morgan fingerprint density at radius 1 is 1.41 bits per heavy atom. The third kappa shape index (κ3) is 5.73. The molecule has 94 valence electrons. The summed E-state index contributed by atoms with van der Waals surface area (Å²) in [5.74, 6) is 5.55. The minimum atomic E-state index is -4.16. The molecule has 0 atom stereocenters. The van der Waals surface area contributed by atoms with E-state index in [9.17, 15) is 13.2 Å². The van der Waals surface area contributed by atoms with Gasteiger partial charge in [-0.25, -0.2) is 0 Å². The predicted octanol–water partition coefficient (Wildman–Crippen LogP) is 2.05. The van der Waals surface area contributed by atoms with E-state index in [-0.39, 0.29) is 13.1 Å². The van der Waals surface area contributed by atoms with Crippen molar-refractivity contribution in [2.24, 2.45) is 5.73 Å². The molecule has 6 heteroatoms. The second-order valence-electron chi connectivity index (χ2n) is 3.56. The average molecular weight is 262 g/mol. The van der Waals surface area contributed by atoms with Gasteiger partial charge in [0.05, 0.1) is 18.0 Å². The van der Waals surface area contributed by atoms with Crippen LogP contribution in [0.2, 0.25) is 0 Å². The minimum Gasteiger partial charge on any atom is -0.320 e. The molecule has 0 aliphatic heterocycles. The van der Waals surface area contributed by atoms with Gasteiger partial charge in [-0.05, 0) is 19.2 Å². The van der Waals surface area contributed by atoms with Gasteiger partial charge in [-0.15, -0.1) is 11.3 Å². The molecule has 1 heterocycles. The molecule has 0 saturated carbocycles. The highest BCUT2D eigenvalue weighted by Crippen LogP contribution is 2.20. The molecule has 0 bridgehead atoms. The third-order valence-corrected chi connectivity index (χ3v) is 2.84. The zero-order valence-corrected chi connectivity index (χ0v) is 10.2. The second-order valence-corrected chi connectivity index (χ2v) is 4.73. The van der Waals surface area contributed by atoms with Crippen LogP contribution < -0.4 is 5.73 Å². The highest BCUT2D eigenvalue weighted by atomic mass is 32.1. The number of rotatable bonds is 3. The summed E-state index contributed by atoms with van der Waals surface area (Å²) >= 11 is 1.39. The van der Waals surface area contributed by atoms with E-state index in [1.807, 2.05) is 0 Å². The molecule has 1 aromatic rings. The highest BCUT2D eigenvalue weighted by molar-refractivity contribution is 7.12. The van der Waals surface area contributed by atoms with Gasteiger partial charge in [0.25, 0.3) is 0 Å². The number of thiophene rings is 1. The van der Waals surface area contributed by atoms with Gasteiger partial charge in [-0.3, -0.25) is 4.90 Å². The largest absolute Gasteiger partial charge is 0.401 e. The van der Waals surface area contributed by atoms with Gasteiger partial charge in [0.15, 0.2) is 0 Å². The molecule has 1 aromatic heterocycles. The molecule has 0 aromatic carbocycles. The Labute approximate surface area is 102 Å². The Morgan fingerprint density at radius 2 is 2.12 bits per heavy atom. The normalized spacial score (nSPS) is 11.4. The van der Waals surface area contributed by atoms with E-state index in [0.29, 0.717) is 0 Å². The molecule has 0 fully saturated rings. The van der Waals surface area contributed by atoms with Crippen LogP contribution in [0, 0.1) is 11.8 Å². The van der Waals surface area contributed by atoms with E-state index in [2.05, 4.69) is 11.8 Å². The fourth-order valence-electron chi connectivity index (χ4n) is 1.30. The molecule has 0 saturated heterocycles. The Balaban J connectivity index is 2.54. The highest BCUT2D eigenvalue weighted by Gasteiger charge is 2.29. The molecule has 1 rings (SSSR count). The second kappa shape index (κ2) is 6.05. The fraction of sp³-hybridized carbons (Fsp3) is 0.455. The van der Waals surface area contributed by atoms with Crippen LogP contribution >= 0.6 is 11.3 Å². The van der Waals surface area contributed by atoms with Crippen LogP contribution in [0.5, 0.6) is 0 Å². The summed E-state index contributed by atoms with van der Waals surface area (Å²) in [6.45, 7) is -0.357. The van der Waals surface area contributed by atoms with Gasteiger partial charge in [0.1, 0.15) is 0 Å². The molecule has 0 aliphatic carbocycles.